The van der Waals surface area contributed by atoms with Gasteiger partial charge in [-0.25, -0.2) is 13.6 Å². The number of primary sulfonamides is 1. The highest BCUT2D eigenvalue weighted by atomic mass is 79.9. The van der Waals surface area contributed by atoms with E-state index in [-0.39, 0.29) is 4.90 Å². The topological polar surface area (TPSA) is 60.2 Å². The SMILES string of the molecule is NS(=O)(=O)c1cccc(Br)c1CBr. The molecule has 0 aliphatic rings. The average molecular weight is 329 g/mol. The molecule has 72 valence electrons. The Kier molecular flexibility index (Phi) is 3.50. The number of sulfonamides is 1. The summed E-state index contributed by atoms with van der Waals surface area (Å²) < 4.78 is 22.9. The first-order valence-corrected chi connectivity index (χ1v) is 6.79. The minimum absolute atomic E-state index is 0.152. The number of halogens is 2. The monoisotopic (exact) mass is 327 g/mol. The number of nitrogens with two attached hydrogens (primary N) is 1. The Bertz CT molecular complexity index is 417. The second-order valence-electron chi connectivity index (χ2n) is 2.40. The van der Waals surface area contributed by atoms with Crippen molar-refractivity contribution in [1.29, 1.82) is 0 Å². The Morgan fingerprint density at radius 2 is 2.00 bits per heavy atom. The molecule has 0 fully saturated rings. The first-order chi connectivity index (χ1) is 5.96. The van der Waals surface area contributed by atoms with Crippen LogP contribution in [0.15, 0.2) is 27.6 Å². The zero-order chi connectivity index (χ0) is 10.1. The molecule has 3 nitrogen and oxygen atoms in total. The Morgan fingerprint density at radius 1 is 1.38 bits per heavy atom. The van der Waals surface area contributed by atoms with Crippen molar-refractivity contribution in [2.75, 3.05) is 0 Å². The minimum Gasteiger partial charge on any atom is -0.225 e. The van der Waals surface area contributed by atoms with E-state index in [9.17, 15) is 8.42 Å². The fraction of sp³-hybridized carbons (Fsp3) is 0.143. The van der Waals surface area contributed by atoms with Gasteiger partial charge in [0, 0.05) is 9.80 Å². The first-order valence-electron chi connectivity index (χ1n) is 3.33. The zero-order valence-electron chi connectivity index (χ0n) is 6.50. The molecule has 0 spiro atoms. The van der Waals surface area contributed by atoms with Crippen LogP contribution in [0.3, 0.4) is 0 Å². The van der Waals surface area contributed by atoms with Gasteiger partial charge in [-0.1, -0.05) is 37.9 Å². The predicted molar refractivity (Wildman–Crippen MR) is 58.1 cm³/mol. The van der Waals surface area contributed by atoms with E-state index in [4.69, 9.17) is 5.14 Å². The van der Waals surface area contributed by atoms with Crippen LogP contribution in [0.25, 0.3) is 0 Å². The maximum atomic E-state index is 11.1. The molecule has 0 aliphatic carbocycles. The van der Waals surface area contributed by atoms with Gasteiger partial charge < -0.3 is 0 Å². The van der Waals surface area contributed by atoms with Crippen molar-refractivity contribution < 1.29 is 8.42 Å². The highest BCUT2D eigenvalue weighted by Gasteiger charge is 2.14. The molecule has 1 aromatic rings. The summed E-state index contributed by atoms with van der Waals surface area (Å²) in [5, 5.41) is 5.48. The van der Waals surface area contributed by atoms with Gasteiger partial charge in [-0.05, 0) is 17.7 Å². The summed E-state index contributed by atoms with van der Waals surface area (Å²) in [5.74, 6) is 0. The summed E-state index contributed by atoms with van der Waals surface area (Å²) in [5.41, 5.74) is 0.644. The van der Waals surface area contributed by atoms with E-state index in [1.54, 1.807) is 12.1 Å². The van der Waals surface area contributed by atoms with Crippen LogP contribution < -0.4 is 5.14 Å². The van der Waals surface area contributed by atoms with Crippen LogP contribution in [0, 0.1) is 0 Å². The van der Waals surface area contributed by atoms with Gasteiger partial charge in [0.1, 0.15) is 0 Å². The lowest BCUT2D eigenvalue weighted by Gasteiger charge is -2.06. The van der Waals surface area contributed by atoms with E-state index in [1.165, 1.54) is 6.07 Å². The van der Waals surface area contributed by atoms with Crippen LogP contribution in [-0.2, 0) is 15.4 Å². The van der Waals surface area contributed by atoms with Gasteiger partial charge in [0.15, 0.2) is 0 Å². The number of hydrogen-bond acceptors (Lipinski definition) is 2. The molecule has 13 heavy (non-hydrogen) atoms. The smallest absolute Gasteiger partial charge is 0.225 e. The Morgan fingerprint density at radius 3 is 2.38 bits per heavy atom. The van der Waals surface area contributed by atoms with E-state index in [1.807, 2.05) is 0 Å². The van der Waals surface area contributed by atoms with E-state index in [2.05, 4.69) is 31.9 Å². The van der Waals surface area contributed by atoms with Crippen molar-refractivity contribution in [3.63, 3.8) is 0 Å². The molecule has 0 atom stereocenters. The summed E-state index contributed by atoms with van der Waals surface area (Å²) in [6.45, 7) is 0. The fourth-order valence-electron chi connectivity index (χ4n) is 0.935. The number of benzene rings is 1. The summed E-state index contributed by atoms with van der Waals surface area (Å²) >= 11 is 6.45. The molecule has 1 rings (SSSR count). The molecule has 0 saturated carbocycles. The quantitative estimate of drug-likeness (QED) is 0.844. The van der Waals surface area contributed by atoms with Gasteiger partial charge in [-0.3, -0.25) is 0 Å². The van der Waals surface area contributed by atoms with Crippen molar-refractivity contribution >= 4 is 41.9 Å². The summed E-state index contributed by atoms with van der Waals surface area (Å²) in [6.07, 6.45) is 0. The fourth-order valence-corrected chi connectivity index (χ4v) is 3.53. The second-order valence-corrected chi connectivity index (χ2v) is 5.34. The van der Waals surface area contributed by atoms with Crippen LogP contribution in [-0.4, -0.2) is 8.42 Å². The summed E-state index contributed by atoms with van der Waals surface area (Å²) in [7, 11) is -3.63. The Balaban J connectivity index is 3.47. The van der Waals surface area contributed by atoms with Crippen molar-refractivity contribution in [3.8, 4) is 0 Å². The van der Waals surface area contributed by atoms with Crippen molar-refractivity contribution in [1.82, 2.24) is 0 Å². The van der Waals surface area contributed by atoms with Gasteiger partial charge in [0.05, 0.1) is 4.90 Å². The first kappa shape index (κ1) is 11.2. The minimum atomic E-state index is -3.63. The van der Waals surface area contributed by atoms with Gasteiger partial charge >= 0.3 is 0 Å². The molecule has 0 radical (unpaired) electrons. The van der Waals surface area contributed by atoms with Gasteiger partial charge in [-0.15, -0.1) is 0 Å². The number of hydrogen-bond donors (Lipinski definition) is 1. The Labute approximate surface area is 93.6 Å². The Hall–Kier alpha value is 0.0900. The van der Waals surface area contributed by atoms with Gasteiger partial charge in [0.2, 0.25) is 10.0 Å². The predicted octanol–water partition coefficient (Wildman–Crippen LogP) is 1.99. The average Bonchev–Trinajstić information content (AvgIpc) is 2.02. The van der Waals surface area contributed by atoms with Crippen LogP contribution in [0.4, 0.5) is 0 Å². The lowest BCUT2D eigenvalue weighted by atomic mass is 10.2. The van der Waals surface area contributed by atoms with Crippen LogP contribution in [0.5, 0.6) is 0 Å². The van der Waals surface area contributed by atoms with E-state index in [0.29, 0.717) is 10.9 Å². The number of alkyl halides is 1. The maximum Gasteiger partial charge on any atom is 0.238 e. The molecule has 0 aliphatic heterocycles. The van der Waals surface area contributed by atoms with E-state index < -0.39 is 10.0 Å². The number of rotatable bonds is 2. The molecule has 6 heteroatoms. The zero-order valence-corrected chi connectivity index (χ0v) is 10.5. The van der Waals surface area contributed by atoms with Gasteiger partial charge in [0.25, 0.3) is 0 Å². The summed E-state index contributed by atoms with van der Waals surface area (Å²) in [6, 6.07) is 4.89. The molecule has 0 heterocycles. The van der Waals surface area contributed by atoms with Crippen LogP contribution >= 0.6 is 31.9 Å². The van der Waals surface area contributed by atoms with Crippen molar-refractivity contribution in [3.05, 3.63) is 28.2 Å². The molecule has 2 N–H and O–H groups in total. The lowest BCUT2D eigenvalue weighted by molar-refractivity contribution is 0.597. The van der Waals surface area contributed by atoms with Crippen molar-refractivity contribution in [2.45, 2.75) is 10.2 Å². The lowest BCUT2D eigenvalue weighted by Crippen LogP contribution is -2.14. The largest absolute Gasteiger partial charge is 0.238 e. The third-order valence-electron chi connectivity index (χ3n) is 1.52. The second kappa shape index (κ2) is 4.08. The highest BCUT2D eigenvalue weighted by molar-refractivity contribution is 9.10. The molecule has 1 aromatic carbocycles. The molecule has 0 bridgehead atoms. The van der Waals surface area contributed by atoms with Gasteiger partial charge in [-0.2, -0.15) is 0 Å². The molecular weight excluding hydrogens is 322 g/mol. The van der Waals surface area contributed by atoms with E-state index >= 15 is 0 Å². The standard InChI is InChI=1S/C7H7Br2NO2S/c8-4-5-6(9)2-1-3-7(5)13(10,11)12/h1-3H,4H2,(H2,10,11,12). The third kappa shape index (κ3) is 2.52. The summed E-state index contributed by atoms with van der Waals surface area (Å²) in [4.78, 5) is 0.152. The van der Waals surface area contributed by atoms with E-state index in [0.717, 1.165) is 4.47 Å². The third-order valence-corrected chi connectivity index (χ3v) is 3.82. The molecule has 0 saturated heterocycles. The maximum absolute atomic E-state index is 11.1. The molecule has 0 amide bonds. The van der Waals surface area contributed by atoms with Crippen LogP contribution in [0.1, 0.15) is 5.56 Å². The van der Waals surface area contributed by atoms with Crippen LogP contribution in [0.2, 0.25) is 0 Å². The highest BCUT2D eigenvalue weighted by Crippen LogP contribution is 2.25. The molecule has 0 unspecified atom stereocenters. The normalized spacial score (nSPS) is 11.6. The molecular formula is C7H7Br2NO2S. The van der Waals surface area contributed by atoms with Crippen molar-refractivity contribution in [2.24, 2.45) is 5.14 Å². The molecule has 0 aromatic heterocycles.